The fraction of sp³-hybridized carbons (Fsp3) is 0.562. The molecule has 0 spiro atoms. The zero-order valence-electron chi connectivity index (χ0n) is 24.7. The molecule has 224 valence electrons. The lowest BCUT2D eigenvalue weighted by molar-refractivity contribution is -0.131. The van der Waals surface area contributed by atoms with E-state index in [9.17, 15) is 14.0 Å². The van der Waals surface area contributed by atoms with Crippen LogP contribution in [-0.4, -0.2) is 87.3 Å². The van der Waals surface area contributed by atoms with Gasteiger partial charge in [-0.3, -0.25) is 9.59 Å². The minimum atomic E-state index is -0.301. The van der Waals surface area contributed by atoms with Gasteiger partial charge in [0.25, 0.3) is 5.91 Å². The molecular weight excluding hydrogens is 525 g/mol. The maximum Gasteiger partial charge on any atom is 0.254 e. The molecular formula is C32H44FN3O5. The molecule has 9 heteroatoms. The second kappa shape index (κ2) is 14.6. The quantitative estimate of drug-likeness (QED) is 0.325. The third-order valence-corrected chi connectivity index (χ3v) is 7.96. The minimum Gasteiger partial charge on any atom is -0.493 e. The lowest BCUT2D eigenvalue weighted by Crippen LogP contribution is -2.45. The van der Waals surface area contributed by atoms with Gasteiger partial charge in [0, 0.05) is 64.0 Å². The summed E-state index contributed by atoms with van der Waals surface area (Å²) in [6, 6.07) is 11.7. The molecule has 1 N–H and O–H groups in total. The molecule has 1 heterocycles. The van der Waals surface area contributed by atoms with Gasteiger partial charge in [0.2, 0.25) is 5.91 Å². The summed E-state index contributed by atoms with van der Waals surface area (Å²) in [6.07, 6.45) is 3.04. The number of rotatable bonds is 15. The molecule has 0 unspecified atom stereocenters. The Morgan fingerprint density at radius 2 is 1.68 bits per heavy atom. The predicted octanol–water partition coefficient (Wildman–Crippen LogP) is 4.17. The van der Waals surface area contributed by atoms with Gasteiger partial charge >= 0.3 is 0 Å². The zero-order chi connectivity index (χ0) is 29.4. The molecule has 41 heavy (non-hydrogen) atoms. The highest BCUT2D eigenvalue weighted by Crippen LogP contribution is 2.32. The van der Waals surface area contributed by atoms with Gasteiger partial charge in [-0.1, -0.05) is 12.1 Å². The topological polar surface area (TPSA) is 80.3 Å². The Morgan fingerprint density at radius 1 is 0.976 bits per heavy atom. The summed E-state index contributed by atoms with van der Waals surface area (Å²) >= 11 is 0. The van der Waals surface area contributed by atoms with Crippen molar-refractivity contribution in [2.24, 2.45) is 11.8 Å². The van der Waals surface area contributed by atoms with Crippen LogP contribution in [0.4, 0.5) is 4.39 Å². The number of carbonyl (C=O) groups is 2. The van der Waals surface area contributed by atoms with Gasteiger partial charge in [0.05, 0.1) is 20.1 Å². The summed E-state index contributed by atoms with van der Waals surface area (Å²) in [5, 5.41) is 3.50. The molecule has 4 rings (SSSR count). The summed E-state index contributed by atoms with van der Waals surface area (Å²) < 4.78 is 29.8. The van der Waals surface area contributed by atoms with Crippen LogP contribution in [0.25, 0.3) is 0 Å². The van der Waals surface area contributed by atoms with Crippen LogP contribution in [0.15, 0.2) is 42.5 Å². The smallest absolute Gasteiger partial charge is 0.254 e. The lowest BCUT2D eigenvalue weighted by atomic mass is 9.93. The molecule has 2 aromatic rings. The van der Waals surface area contributed by atoms with Crippen LogP contribution in [0, 0.1) is 17.7 Å². The van der Waals surface area contributed by atoms with Gasteiger partial charge in [-0.05, 0) is 74.4 Å². The molecule has 0 radical (unpaired) electrons. The number of ether oxygens (including phenoxy) is 3. The van der Waals surface area contributed by atoms with Crippen molar-refractivity contribution in [1.82, 2.24) is 15.1 Å². The van der Waals surface area contributed by atoms with Crippen molar-refractivity contribution in [3.8, 4) is 11.5 Å². The van der Waals surface area contributed by atoms with Gasteiger partial charge in [-0.2, -0.15) is 0 Å². The average molecular weight is 570 g/mol. The SMILES string of the molecule is COCCCOc1cc(C(=O)N(C[C@@H]2CNC[C@H]2CN(C(=O)Cc2ccc(F)cc2)C2CC2)C(C)C)ccc1OC. The van der Waals surface area contributed by atoms with E-state index in [1.165, 1.54) is 12.1 Å². The van der Waals surface area contributed by atoms with Crippen molar-refractivity contribution in [2.45, 2.75) is 51.6 Å². The van der Waals surface area contributed by atoms with Crippen LogP contribution >= 0.6 is 0 Å². The Bertz CT molecular complexity index is 1150. The lowest BCUT2D eigenvalue weighted by Gasteiger charge is -2.34. The Morgan fingerprint density at radius 3 is 2.32 bits per heavy atom. The van der Waals surface area contributed by atoms with Crippen LogP contribution in [-0.2, 0) is 16.0 Å². The molecule has 2 fully saturated rings. The predicted molar refractivity (Wildman–Crippen MR) is 156 cm³/mol. The van der Waals surface area contributed by atoms with Crippen molar-refractivity contribution >= 4 is 11.8 Å². The second-order valence-corrected chi connectivity index (χ2v) is 11.4. The van der Waals surface area contributed by atoms with Gasteiger partial charge in [-0.25, -0.2) is 4.39 Å². The van der Waals surface area contributed by atoms with Crippen molar-refractivity contribution in [1.29, 1.82) is 0 Å². The van der Waals surface area contributed by atoms with E-state index in [4.69, 9.17) is 14.2 Å². The molecule has 2 aliphatic rings. The summed E-state index contributed by atoms with van der Waals surface area (Å²) in [5.41, 5.74) is 1.37. The molecule has 1 saturated heterocycles. The average Bonchev–Trinajstić information content (AvgIpc) is 3.71. The fourth-order valence-corrected chi connectivity index (χ4v) is 5.44. The zero-order valence-corrected chi connectivity index (χ0v) is 24.7. The Balaban J connectivity index is 1.43. The number of hydrogen-bond acceptors (Lipinski definition) is 6. The number of benzene rings is 2. The minimum absolute atomic E-state index is 0.00318. The van der Waals surface area contributed by atoms with Crippen molar-refractivity contribution < 1.29 is 28.2 Å². The van der Waals surface area contributed by atoms with E-state index in [1.807, 2.05) is 23.6 Å². The molecule has 2 amide bonds. The number of amides is 2. The Kier molecular flexibility index (Phi) is 11.0. The van der Waals surface area contributed by atoms with Crippen molar-refractivity contribution in [3.05, 3.63) is 59.4 Å². The van der Waals surface area contributed by atoms with Crippen LogP contribution in [0.3, 0.4) is 0 Å². The van der Waals surface area contributed by atoms with Crippen molar-refractivity contribution in [3.63, 3.8) is 0 Å². The highest BCUT2D eigenvalue weighted by Gasteiger charge is 2.38. The third kappa shape index (κ3) is 8.42. The van der Waals surface area contributed by atoms with Gasteiger partial charge in [0.15, 0.2) is 11.5 Å². The molecule has 2 atom stereocenters. The first kappa shape index (κ1) is 30.8. The summed E-state index contributed by atoms with van der Waals surface area (Å²) in [4.78, 5) is 31.0. The number of nitrogens with zero attached hydrogens (tertiary/aromatic N) is 2. The van der Waals surface area contributed by atoms with Crippen LogP contribution < -0.4 is 14.8 Å². The molecule has 1 saturated carbocycles. The summed E-state index contributed by atoms with van der Waals surface area (Å²) in [5.74, 6) is 1.30. The van der Waals surface area contributed by atoms with E-state index in [0.29, 0.717) is 43.4 Å². The number of halogens is 1. The highest BCUT2D eigenvalue weighted by molar-refractivity contribution is 5.95. The Hall–Kier alpha value is -3.17. The second-order valence-electron chi connectivity index (χ2n) is 11.4. The summed E-state index contributed by atoms with van der Waals surface area (Å²) in [6.45, 7) is 7.96. The Labute approximate surface area is 243 Å². The largest absolute Gasteiger partial charge is 0.493 e. The molecule has 0 bridgehead atoms. The molecule has 1 aliphatic heterocycles. The van der Waals surface area contributed by atoms with E-state index in [0.717, 1.165) is 37.9 Å². The molecule has 2 aromatic carbocycles. The fourth-order valence-electron chi connectivity index (χ4n) is 5.44. The third-order valence-electron chi connectivity index (χ3n) is 7.96. The van der Waals surface area contributed by atoms with Crippen LogP contribution in [0.2, 0.25) is 0 Å². The molecule has 8 nitrogen and oxygen atoms in total. The van der Waals surface area contributed by atoms with Gasteiger partial charge in [-0.15, -0.1) is 0 Å². The first-order valence-corrected chi connectivity index (χ1v) is 14.7. The normalized spacial score (nSPS) is 18.4. The van der Waals surface area contributed by atoms with Gasteiger partial charge < -0.3 is 29.3 Å². The maximum atomic E-state index is 13.8. The van der Waals surface area contributed by atoms with E-state index < -0.39 is 0 Å². The van der Waals surface area contributed by atoms with E-state index in [1.54, 1.807) is 44.6 Å². The van der Waals surface area contributed by atoms with E-state index >= 15 is 0 Å². The van der Waals surface area contributed by atoms with Crippen LogP contribution in [0.5, 0.6) is 11.5 Å². The molecule has 1 aliphatic carbocycles. The van der Waals surface area contributed by atoms with E-state index in [2.05, 4.69) is 5.32 Å². The van der Waals surface area contributed by atoms with Gasteiger partial charge in [0.1, 0.15) is 5.82 Å². The maximum absolute atomic E-state index is 13.8. The number of methoxy groups -OCH3 is 2. The number of hydrogen-bond donors (Lipinski definition) is 1. The highest BCUT2D eigenvalue weighted by atomic mass is 19.1. The number of nitrogens with one attached hydrogen (secondary N) is 1. The van der Waals surface area contributed by atoms with E-state index in [-0.39, 0.29) is 48.0 Å². The first-order chi connectivity index (χ1) is 19.8. The number of carbonyl (C=O) groups excluding carboxylic acids is 2. The van der Waals surface area contributed by atoms with Crippen molar-refractivity contribution in [2.75, 3.05) is 53.6 Å². The molecule has 0 aromatic heterocycles. The monoisotopic (exact) mass is 569 g/mol. The summed E-state index contributed by atoms with van der Waals surface area (Å²) in [7, 11) is 3.24. The standard InChI is InChI=1S/C32H44FN3O5/c1-22(2)35(32(38)24-8-13-29(40-4)30(17-24)41-15-5-14-39-3)20-25-18-34-19-26(25)21-36(28-11-12-28)31(37)16-23-6-9-27(33)10-7-23/h6-10,13,17,22,25-26,28,34H,5,11-12,14-16,18-21H2,1-4H3/t25-,26-/m0/s1. The first-order valence-electron chi connectivity index (χ1n) is 14.7. The van der Waals surface area contributed by atoms with Crippen LogP contribution in [0.1, 0.15) is 49.0 Å².